The van der Waals surface area contributed by atoms with Crippen molar-refractivity contribution in [2.24, 2.45) is 0 Å². The third-order valence-corrected chi connectivity index (χ3v) is 6.57. The molecule has 3 fully saturated rings. The van der Waals surface area contributed by atoms with Crippen molar-refractivity contribution in [2.45, 2.75) is 82.3 Å². The molecule has 3 heterocycles. The molecule has 4 rings (SSSR count). The first-order chi connectivity index (χ1) is 15.3. The predicted molar refractivity (Wildman–Crippen MR) is 113 cm³/mol. The topological polar surface area (TPSA) is 125 Å². The van der Waals surface area contributed by atoms with Crippen LogP contribution in [0, 0.1) is 6.92 Å². The second kappa shape index (κ2) is 9.28. The van der Waals surface area contributed by atoms with Crippen LogP contribution in [-0.2, 0) is 19.1 Å². The fraction of sp³-hybridized carbons (Fsp3) is 0.565. The summed E-state index contributed by atoms with van der Waals surface area (Å²) in [6.07, 6.45) is 2.76. The van der Waals surface area contributed by atoms with E-state index in [0.29, 0.717) is 24.8 Å². The fourth-order valence-corrected chi connectivity index (χ4v) is 4.82. The minimum Gasteiger partial charge on any atom is -0.434 e. The van der Waals surface area contributed by atoms with Crippen LogP contribution in [0.4, 0.5) is 0 Å². The lowest BCUT2D eigenvalue weighted by atomic mass is 9.98. The van der Waals surface area contributed by atoms with Crippen LogP contribution < -0.4 is 10.6 Å². The minimum absolute atomic E-state index is 0.0660. The number of carbonyl (C=O) groups excluding carboxylic acids is 4. The SMILES string of the molecule is Cc1ccc(C(=O)N[C@H]2CCCC[C@H]3CC[C@@H](C(=O)NC4CC(=O)OC4O)N3C2=O)cc1. The summed E-state index contributed by atoms with van der Waals surface area (Å²) in [4.78, 5) is 52.2. The van der Waals surface area contributed by atoms with Crippen molar-refractivity contribution in [3.8, 4) is 0 Å². The van der Waals surface area contributed by atoms with Gasteiger partial charge in [-0.15, -0.1) is 0 Å². The van der Waals surface area contributed by atoms with Crippen molar-refractivity contribution < 1.29 is 29.0 Å². The van der Waals surface area contributed by atoms with Gasteiger partial charge in [-0.3, -0.25) is 19.2 Å². The zero-order valence-corrected chi connectivity index (χ0v) is 18.1. The molecule has 5 atom stereocenters. The highest BCUT2D eigenvalue weighted by molar-refractivity contribution is 5.98. The lowest BCUT2D eigenvalue weighted by Crippen LogP contribution is -2.57. The Hall–Kier alpha value is -2.94. The number of nitrogens with zero attached hydrogens (tertiary/aromatic N) is 1. The van der Waals surface area contributed by atoms with Gasteiger partial charge in [0.1, 0.15) is 18.1 Å². The van der Waals surface area contributed by atoms with E-state index in [4.69, 9.17) is 0 Å². The largest absolute Gasteiger partial charge is 0.434 e. The summed E-state index contributed by atoms with van der Waals surface area (Å²) < 4.78 is 4.69. The van der Waals surface area contributed by atoms with Crippen molar-refractivity contribution in [1.29, 1.82) is 0 Å². The van der Waals surface area contributed by atoms with Gasteiger partial charge >= 0.3 is 5.97 Å². The number of esters is 1. The Labute approximate surface area is 186 Å². The smallest absolute Gasteiger partial charge is 0.310 e. The lowest BCUT2D eigenvalue weighted by molar-refractivity contribution is -0.155. The van der Waals surface area contributed by atoms with Crippen LogP contribution >= 0.6 is 0 Å². The molecule has 1 aromatic carbocycles. The molecule has 172 valence electrons. The quantitative estimate of drug-likeness (QED) is 0.591. The molecule has 3 N–H and O–H groups in total. The third-order valence-electron chi connectivity index (χ3n) is 6.57. The molecule has 32 heavy (non-hydrogen) atoms. The first-order valence-corrected chi connectivity index (χ1v) is 11.2. The second-order valence-electron chi connectivity index (χ2n) is 8.87. The van der Waals surface area contributed by atoms with E-state index in [9.17, 15) is 24.3 Å². The first kappa shape index (κ1) is 22.3. The average Bonchev–Trinajstić information content (AvgIpc) is 3.31. The molecule has 1 aromatic rings. The first-order valence-electron chi connectivity index (χ1n) is 11.2. The van der Waals surface area contributed by atoms with Crippen LogP contribution in [0.2, 0.25) is 0 Å². The van der Waals surface area contributed by atoms with Gasteiger partial charge in [-0.25, -0.2) is 0 Å². The summed E-state index contributed by atoms with van der Waals surface area (Å²) in [5.74, 6) is -1.56. The maximum absolute atomic E-state index is 13.5. The molecule has 0 aliphatic carbocycles. The highest BCUT2D eigenvalue weighted by Crippen LogP contribution is 2.31. The fourth-order valence-electron chi connectivity index (χ4n) is 4.82. The number of amides is 3. The molecule has 3 amide bonds. The molecule has 9 heteroatoms. The van der Waals surface area contributed by atoms with Crippen LogP contribution in [0.1, 0.15) is 60.9 Å². The predicted octanol–water partition coefficient (Wildman–Crippen LogP) is 0.777. The molecule has 0 spiro atoms. The third kappa shape index (κ3) is 4.62. The molecule has 0 radical (unpaired) electrons. The number of nitrogens with one attached hydrogen (secondary N) is 2. The number of rotatable bonds is 4. The van der Waals surface area contributed by atoms with Crippen LogP contribution in [0.15, 0.2) is 24.3 Å². The standard InChI is InChI=1S/C23H29N3O6/c1-13-6-8-14(9-7-13)20(28)24-16-5-3-2-4-15-10-11-18(26(15)22(16)30)21(29)25-17-12-19(27)32-23(17)31/h6-9,15-18,23,31H,2-5,10-12H2,1H3,(H,24,28)(H,25,29)/t15-,16-,17?,18-,23?/m0/s1. The molecule has 2 unspecified atom stereocenters. The molecular weight excluding hydrogens is 414 g/mol. The van der Waals surface area contributed by atoms with Crippen LogP contribution in [0.3, 0.4) is 0 Å². The van der Waals surface area contributed by atoms with E-state index in [1.54, 1.807) is 17.0 Å². The van der Waals surface area contributed by atoms with E-state index in [1.807, 2.05) is 19.1 Å². The Bertz CT molecular complexity index is 901. The summed E-state index contributed by atoms with van der Waals surface area (Å²) in [5.41, 5.74) is 1.52. The van der Waals surface area contributed by atoms with Gasteiger partial charge < -0.3 is 25.4 Å². The van der Waals surface area contributed by atoms with Gasteiger partial charge in [0.2, 0.25) is 18.1 Å². The van der Waals surface area contributed by atoms with Gasteiger partial charge in [-0.2, -0.15) is 0 Å². The summed E-state index contributed by atoms with van der Waals surface area (Å²) in [7, 11) is 0. The average molecular weight is 444 g/mol. The summed E-state index contributed by atoms with van der Waals surface area (Å²) in [6, 6.07) is 4.84. The highest BCUT2D eigenvalue weighted by atomic mass is 16.6. The zero-order chi connectivity index (χ0) is 22.8. The normalized spacial score (nSPS) is 30.2. The van der Waals surface area contributed by atoms with Crippen molar-refractivity contribution >= 4 is 23.7 Å². The Morgan fingerprint density at radius 1 is 1.03 bits per heavy atom. The number of benzene rings is 1. The van der Waals surface area contributed by atoms with E-state index in [1.165, 1.54) is 0 Å². The molecule has 3 saturated heterocycles. The molecule has 0 aromatic heterocycles. The number of carbonyl (C=O) groups is 4. The van der Waals surface area contributed by atoms with E-state index < -0.39 is 36.3 Å². The van der Waals surface area contributed by atoms with Gasteiger partial charge in [0.25, 0.3) is 5.91 Å². The molecule has 3 aliphatic rings. The summed E-state index contributed by atoms with van der Waals surface area (Å²) >= 11 is 0. The van der Waals surface area contributed by atoms with E-state index in [-0.39, 0.29) is 24.3 Å². The minimum atomic E-state index is -1.38. The molecule has 0 saturated carbocycles. The number of aliphatic hydroxyl groups is 1. The molecule has 0 bridgehead atoms. The number of aliphatic hydroxyl groups excluding tert-OH is 1. The van der Waals surface area contributed by atoms with Crippen LogP contribution in [-0.4, -0.2) is 64.2 Å². The Morgan fingerprint density at radius 3 is 2.44 bits per heavy atom. The Balaban J connectivity index is 1.47. The van der Waals surface area contributed by atoms with Gasteiger partial charge in [0, 0.05) is 11.6 Å². The van der Waals surface area contributed by atoms with E-state index in [2.05, 4.69) is 15.4 Å². The van der Waals surface area contributed by atoms with E-state index in [0.717, 1.165) is 24.8 Å². The van der Waals surface area contributed by atoms with Gasteiger partial charge in [-0.1, -0.05) is 30.5 Å². The van der Waals surface area contributed by atoms with Gasteiger partial charge in [-0.05, 0) is 44.7 Å². The lowest BCUT2D eigenvalue weighted by Gasteiger charge is -2.35. The van der Waals surface area contributed by atoms with Crippen molar-refractivity contribution in [2.75, 3.05) is 0 Å². The number of cyclic esters (lactones) is 1. The number of aryl methyl sites for hydroxylation is 1. The monoisotopic (exact) mass is 443 g/mol. The highest BCUT2D eigenvalue weighted by Gasteiger charge is 2.45. The van der Waals surface area contributed by atoms with Gasteiger partial charge in [0.15, 0.2) is 0 Å². The van der Waals surface area contributed by atoms with Crippen molar-refractivity contribution in [3.05, 3.63) is 35.4 Å². The molecular formula is C23H29N3O6. The van der Waals surface area contributed by atoms with Crippen molar-refractivity contribution in [3.63, 3.8) is 0 Å². The van der Waals surface area contributed by atoms with Crippen molar-refractivity contribution in [1.82, 2.24) is 15.5 Å². The maximum atomic E-state index is 13.5. The maximum Gasteiger partial charge on any atom is 0.310 e. The second-order valence-corrected chi connectivity index (χ2v) is 8.87. The summed E-state index contributed by atoms with van der Waals surface area (Å²) in [6.45, 7) is 1.94. The van der Waals surface area contributed by atoms with E-state index >= 15 is 0 Å². The number of fused-ring (bicyclic) bond motifs is 1. The summed E-state index contributed by atoms with van der Waals surface area (Å²) in [5, 5.41) is 15.3. The number of ether oxygens (including phenoxy) is 1. The number of hydrogen-bond donors (Lipinski definition) is 3. The van der Waals surface area contributed by atoms with Crippen LogP contribution in [0.25, 0.3) is 0 Å². The molecule has 9 nitrogen and oxygen atoms in total. The Morgan fingerprint density at radius 2 is 1.75 bits per heavy atom. The number of hydrogen-bond acceptors (Lipinski definition) is 6. The van der Waals surface area contributed by atoms with Crippen LogP contribution in [0.5, 0.6) is 0 Å². The molecule has 3 aliphatic heterocycles. The Kier molecular flexibility index (Phi) is 6.45. The zero-order valence-electron chi connectivity index (χ0n) is 18.1. The van der Waals surface area contributed by atoms with Gasteiger partial charge in [0.05, 0.1) is 6.42 Å².